The summed E-state index contributed by atoms with van der Waals surface area (Å²) in [7, 11) is -4.20. The number of benzene rings is 3. The molecule has 0 bridgehead atoms. The van der Waals surface area contributed by atoms with Gasteiger partial charge in [0.05, 0.1) is 15.6 Å². The first-order valence-electron chi connectivity index (χ1n) is 13.9. The minimum absolute atomic E-state index is 0.0145. The number of nitrogens with zero attached hydrogens (tertiary/aromatic N) is 2. The maximum absolute atomic E-state index is 14.1. The minimum atomic E-state index is -4.20. The normalized spacial score (nSPS) is 14.4. The van der Waals surface area contributed by atoms with Crippen LogP contribution in [0.4, 0.5) is 5.69 Å². The Labute approximate surface area is 252 Å². The molecule has 1 N–H and O–H groups in total. The zero-order valence-electron chi connectivity index (χ0n) is 23.0. The summed E-state index contributed by atoms with van der Waals surface area (Å²) in [6, 6.07) is 21.3. The van der Waals surface area contributed by atoms with Crippen molar-refractivity contribution in [2.75, 3.05) is 17.4 Å². The second-order valence-corrected chi connectivity index (χ2v) is 12.9. The third-order valence-electron chi connectivity index (χ3n) is 7.36. The van der Waals surface area contributed by atoms with Crippen LogP contribution in [0, 0.1) is 0 Å². The fourth-order valence-electron chi connectivity index (χ4n) is 5.18. The van der Waals surface area contributed by atoms with Gasteiger partial charge in [-0.1, -0.05) is 91.5 Å². The molecule has 1 fully saturated rings. The van der Waals surface area contributed by atoms with Gasteiger partial charge >= 0.3 is 0 Å². The highest BCUT2D eigenvalue weighted by molar-refractivity contribution is 7.92. The van der Waals surface area contributed by atoms with Gasteiger partial charge in [-0.2, -0.15) is 0 Å². The molecule has 3 aromatic rings. The first kappa shape index (κ1) is 30.9. The SMILES string of the molecule is CC[C@@H](C(=O)NC1CCCC1)N(CCc1ccccc1)C(=O)CN(c1ccc(Cl)cc1Cl)S(=O)(=O)c1ccccc1. The maximum Gasteiger partial charge on any atom is 0.264 e. The van der Waals surface area contributed by atoms with Gasteiger partial charge in [0.15, 0.2) is 0 Å². The van der Waals surface area contributed by atoms with Crippen LogP contribution in [0.2, 0.25) is 10.0 Å². The molecule has 1 saturated carbocycles. The fraction of sp³-hybridized carbons (Fsp3) is 0.355. The lowest BCUT2D eigenvalue weighted by Gasteiger charge is -2.34. The first-order valence-corrected chi connectivity index (χ1v) is 16.1. The average molecular weight is 617 g/mol. The lowest BCUT2D eigenvalue weighted by molar-refractivity contribution is -0.139. The van der Waals surface area contributed by atoms with Crippen LogP contribution in [0.3, 0.4) is 0 Å². The molecular formula is C31H35Cl2N3O4S. The predicted octanol–water partition coefficient (Wildman–Crippen LogP) is 6.10. The molecule has 10 heteroatoms. The largest absolute Gasteiger partial charge is 0.352 e. The van der Waals surface area contributed by atoms with E-state index in [1.54, 1.807) is 18.2 Å². The third-order valence-corrected chi connectivity index (χ3v) is 9.67. The van der Waals surface area contributed by atoms with Crippen molar-refractivity contribution in [3.8, 4) is 0 Å². The van der Waals surface area contributed by atoms with Crippen LogP contribution in [0.1, 0.15) is 44.6 Å². The predicted molar refractivity (Wildman–Crippen MR) is 164 cm³/mol. The van der Waals surface area contributed by atoms with E-state index in [4.69, 9.17) is 23.2 Å². The van der Waals surface area contributed by atoms with Gasteiger partial charge < -0.3 is 10.2 Å². The third kappa shape index (κ3) is 7.82. The van der Waals surface area contributed by atoms with Crippen LogP contribution in [-0.4, -0.2) is 50.3 Å². The molecule has 2 amide bonds. The summed E-state index contributed by atoms with van der Waals surface area (Å²) < 4.78 is 28.8. The standard InChI is InChI=1S/C31H35Cl2N3O4S/c1-2-28(31(38)34-25-13-9-10-14-25)35(20-19-23-11-5-3-6-12-23)30(37)22-36(29-18-17-24(32)21-27(29)33)41(39,40)26-15-7-4-8-16-26/h3-8,11-12,15-18,21,25,28H,2,9-10,13-14,19-20,22H2,1H3,(H,34,38)/t28-/m0/s1. The van der Waals surface area contributed by atoms with E-state index in [-0.39, 0.29) is 34.1 Å². The topological polar surface area (TPSA) is 86.8 Å². The van der Waals surface area contributed by atoms with Gasteiger partial charge in [0.1, 0.15) is 12.6 Å². The number of halogens is 2. The van der Waals surface area contributed by atoms with Crippen LogP contribution in [0.5, 0.6) is 0 Å². The summed E-state index contributed by atoms with van der Waals surface area (Å²) in [4.78, 5) is 29.1. The van der Waals surface area contributed by atoms with E-state index in [9.17, 15) is 18.0 Å². The molecule has 218 valence electrons. The Morgan fingerprint density at radius 3 is 2.20 bits per heavy atom. The number of anilines is 1. The van der Waals surface area contributed by atoms with Crippen LogP contribution in [0.15, 0.2) is 83.8 Å². The van der Waals surface area contributed by atoms with Crippen molar-refractivity contribution in [1.82, 2.24) is 10.2 Å². The van der Waals surface area contributed by atoms with Gasteiger partial charge in [0, 0.05) is 17.6 Å². The van der Waals surface area contributed by atoms with Gasteiger partial charge in [-0.3, -0.25) is 13.9 Å². The molecule has 0 heterocycles. The molecular weight excluding hydrogens is 581 g/mol. The van der Waals surface area contributed by atoms with E-state index in [1.807, 2.05) is 37.3 Å². The Bertz CT molecular complexity index is 1430. The Morgan fingerprint density at radius 2 is 1.59 bits per heavy atom. The zero-order valence-corrected chi connectivity index (χ0v) is 25.3. The number of hydrogen-bond donors (Lipinski definition) is 1. The van der Waals surface area contributed by atoms with Gasteiger partial charge in [-0.15, -0.1) is 0 Å². The second kappa shape index (κ2) is 14.2. The number of amides is 2. The molecule has 3 aromatic carbocycles. The number of carbonyl (C=O) groups is 2. The van der Waals surface area contributed by atoms with Gasteiger partial charge in [-0.05, 0) is 61.6 Å². The number of rotatable bonds is 12. The highest BCUT2D eigenvalue weighted by Gasteiger charge is 2.35. The van der Waals surface area contributed by atoms with Crippen molar-refractivity contribution in [1.29, 1.82) is 0 Å². The highest BCUT2D eigenvalue weighted by Crippen LogP contribution is 2.33. The van der Waals surface area contributed by atoms with Gasteiger partial charge in [0.2, 0.25) is 11.8 Å². The molecule has 0 saturated heterocycles. The van der Waals surface area contributed by atoms with Crippen LogP contribution >= 0.6 is 23.2 Å². The number of carbonyl (C=O) groups excluding carboxylic acids is 2. The van der Waals surface area contributed by atoms with E-state index in [0.29, 0.717) is 17.9 Å². The summed E-state index contributed by atoms with van der Waals surface area (Å²) in [5.41, 5.74) is 1.13. The molecule has 0 aliphatic heterocycles. The van der Waals surface area contributed by atoms with E-state index in [0.717, 1.165) is 35.6 Å². The van der Waals surface area contributed by atoms with E-state index >= 15 is 0 Å². The lowest BCUT2D eigenvalue weighted by atomic mass is 10.1. The van der Waals surface area contributed by atoms with Gasteiger partial charge in [0.25, 0.3) is 10.0 Å². The molecule has 41 heavy (non-hydrogen) atoms. The fourth-order valence-corrected chi connectivity index (χ4v) is 7.19. The van der Waals surface area contributed by atoms with Crippen molar-refractivity contribution >= 4 is 50.7 Å². The lowest BCUT2D eigenvalue weighted by Crippen LogP contribution is -2.54. The molecule has 1 atom stereocenters. The Hall–Kier alpha value is -3.07. The van der Waals surface area contributed by atoms with E-state index in [2.05, 4.69) is 5.32 Å². The second-order valence-electron chi connectivity index (χ2n) is 10.2. The molecule has 0 aromatic heterocycles. The Morgan fingerprint density at radius 1 is 0.951 bits per heavy atom. The van der Waals surface area contributed by atoms with E-state index in [1.165, 1.54) is 35.2 Å². The van der Waals surface area contributed by atoms with Crippen molar-refractivity contribution in [3.05, 3.63) is 94.5 Å². The number of sulfonamides is 1. The molecule has 0 unspecified atom stereocenters. The van der Waals surface area contributed by atoms with Crippen LogP contribution in [-0.2, 0) is 26.0 Å². The average Bonchev–Trinajstić information content (AvgIpc) is 3.48. The number of hydrogen-bond acceptors (Lipinski definition) is 4. The van der Waals surface area contributed by atoms with Crippen molar-refractivity contribution in [2.24, 2.45) is 0 Å². The zero-order chi connectivity index (χ0) is 29.4. The molecule has 0 radical (unpaired) electrons. The molecule has 0 spiro atoms. The van der Waals surface area contributed by atoms with Crippen molar-refractivity contribution in [2.45, 2.75) is 62.4 Å². The quantitative estimate of drug-likeness (QED) is 0.267. The summed E-state index contributed by atoms with van der Waals surface area (Å²) in [5.74, 6) is -0.720. The molecule has 4 rings (SSSR count). The highest BCUT2D eigenvalue weighted by atomic mass is 35.5. The minimum Gasteiger partial charge on any atom is -0.352 e. The van der Waals surface area contributed by atoms with Crippen molar-refractivity contribution in [3.63, 3.8) is 0 Å². The maximum atomic E-state index is 14.1. The Kier molecular flexibility index (Phi) is 10.7. The Balaban J connectivity index is 1.69. The molecule has 7 nitrogen and oxygen atoms in total. The summed E-state index contributed by atoms with van der Waals surface area (Å²) in [6.45, 7) is 1.56. The van der Waals surface area contributed by atoms with Gasteiger partial charge in [-0.25, -0.2) is 8.42 Å². The van der Waals surface area contributed by atoms with Crippen LogP contribution < -0.4 is 9.62 Å². The first-order chi connectivity index (χ1) is 19.7. The smallest absolute Gasteiger partial charge is 0.264 e. The summed E-state index contributed by atoms with van der Waals surface area (Å²) in [6.07, 6.45) is 4.84. The summed E-state index contributed by atoms with van der Waals surface area (Å²) >= 11 is 12.6. The monoisotopic (exact) mass is 615 g/mol. The molecule has 1 aliphatic rings. The molecule has 1 aliphatic carbocycles. The van der Waals surface area contributed by atoms with Crippen LogP contribution in [0.25, 0.3) is 0 Å². The summed E-state index contributed by atoms with van der Waals surface area (Å²) in [5, 5.41) is 3.54. The van der Waals surface area contributed by atoms with Crippen molar-refractivity contribution < 1.29 is 18.0 Å². The number of nitrogens with one attached hydrogen (secondary N) is 1. The van der Waals surface area contributed by atoms with E-state index < -0.39 is 28.5 Å².